The second-order valence-corrected chi connectivity index (χ2v) is 8.26. The van der Waals surface area contributed by atoms with E-state index in [4.69, 9.17) is 9.47 Å². The molecule has 0 heterocycles. The lowest BCUT2D eigenvalue weighted by Crippen LogP contribution is -2.48. The molecule has 0 fully saturated rings. The number of hydrazone groups is 1. The van der Waals surface area contributed by atoms with Crippen molar-refractivity contribution in [2.75, 3.05) is 14.2 Å². The lowest BCUT2D eigenvalue weighted by molar-refractivity contribution is -0.123. The molecule has 0 aliphatic rings. The number of hydrogen-bond acceptors (Lipinski definition) is 5. The zero-order chi connectivity index (χ0) is 23.8. The zero-order valence-electron chi connectivity index (χ0n) is 19.9. The van der Waals surface area contributed by atoms with E-state index in [9.17, 15) is 9.59 Å². The minimum absolute atomic E-state index is 0.123. The van der Waals surface area contributed by atoms with Gasteiger partial charge in [0.1, 0.15) is 17.5 Å². The smallest absolute Gasteiger partial charge is 0.262 e. The monoisotopic (exact) mass is 439 g/mol. The summed E-state index contributed by atoms with van der Waals surface area (Å²) in [6.45, 7) is 9.88. The van der Waals surface area contributed by atoms with Gasteiger partial charge in [0.15, 0.2) is 0 Å². The van der Waals surface area contributed by atoms with E-state index >= 15 is 0 Å². The Kier molecular flexibility index (Phi) is 8.81. The molecule has 1 unspecified atom stereocenters. The highest BCUT2D eigenvalue weighted by molar-refractivity contribution is 5.97. The number of nitrogens with zero attached hydrogens (tertiary/aromatic N) is 1. The first-order valence-electron chi connectivity index (χ1n) is 10.6. The fraction of sp³-hybridized carbons (Fsp3) is 0.400. The first-order valence-corrected chi connectivity index (χ1v) is 10.6. The molecule has 7 heteroatoms. The second-order valence-electron chi connectivity index (χ2n) is 8.26. The van der Waals surface area contributed by atoms with Crippen molar-refractivity contribution in [3.63, 3.8) is 0 Å². The third kappa shape index (κ3) is 6.33. The van der Waals surface area contributed by atoms with Gasteiger partial charge in [0.05, 0.1) is 20.4 Å². The number of ether oxygens (including phenoxy) is 2. The topological polar surface area (TPSA) is 89.0 Å². The number of rotatable bonds is 9. The standard InChI is InChI=1S/C25H33N3O4/c1-15(2)21-13-19(17(5)12-22(21)32-7)14-26-28-25(30)23(16(3)4)27-24(29)18-8-10-20(31-6)11-9-18/h8-16,23H,1-7H3,(H,27,29)(H,28,30). The Morgan fingerprint density at radius 1 is 1.00 bits per heavy atom. The van der Waals surface area contributed by atoms with Crippen molar-refractivity contribution in [1.29, 1.82) is 0 Å². The van der Waals surface area contributed by atoms with Gasteiger partial charge in [0.2, 0.25) is 0 Å². The van der Waals surface area contributed by atoms with E-state index in [1.165, 1.54) is 0 Å². The van der Waals surface area contributed by atoms with Crippen LogP contribution < -0.4 is 20.2 Å². The van der Waals surface area contributed by atoms with Crippen molar-refractivity contribution in [3.8, 4) is 11.5 Å². The van der Waals surface area contributed by atoms with E-state index in [2.05, 4.69) is 29.7 Å². The highest BCUT2D eigenvalue weighted by atomic mass is 16.5. The summed E-state index contributed by atoms with van der Waals surface area (Å²) in [5.74, 6) is 0.933. The molecule has 172 valence electrons. The number of methoxy groups -OCH3 is 2. The van der Waals surface area contributed by atoms with Crippen molar-refractivity contribution in [2.45, 2.75) is 46.6 Å². The van der Waals surface area contributed by atoms with Gasteiger partial charge in [-0.25, -0.2) is 5.43 Å². The first-order chi connectivity index (χ1) is 15.2. The van der Waals surface area contributed by atoms with Crippen molar-refractivity contribution in [2.24, 2.45) is 11.0 Å². The van der Waals surface area contributed by atoms with Crippen LogP contribution in [0, 0.1) is 12.8 Å². The Morgan fingerprint density at radius 3 is 2.19 bits per heavy atom. The summed E-state index contributed by atoms with van der Waals surface area (Å²) in [4.78, 5) is 25.3. The molecule has 32 heavy (non-hydrogen) atoms. The van der Waals surface area contributed by atoms with Gasteiger partial charge in [-0.15, -0.1) is 0 Å². The van der Waals surface area contributed by atoms with E-state index in [1.54, 1.807) is 44.7 Å². The van der Waals surface area contributed by atoms with Crippen LogP contribution in [-0.4, -0.2) is 38.3 Å². The number of aryl methyl sites for hydroxylation is 1. The van der Waals surface area contributed by atoms with Gasteiger partial charge in [0.25, 0.3) is 11.8 Å². The minimum Gasteiger partial charge on any atom is -0.497 e. The van der Waals surface area contributed by atoms with Gasteiger partial charge < -0.3 is 14.8 Å². The number of carbonyl (C=O) groups excluding carboxylic acids is 2. The van der Waals surface area contributed by atoms with E-state index in [0.29, 0.717) is 11.3 Å². The third-order valence-electron chi connectivity index (χ3n) is 5.21. The molecule has 2 rings (SSSR count). The SMILES string of the molecule is COc1ccc(C(=O)NC(C(=O)NN=Cc2cc(C(C)C)c(OC)cc2C)C(C)C)cc1. The molecule has 2 N–H and O–H groups in total. The van der Waals surface area contributed by atoms with Crippen LogP contribution in [0.3, 0.4) is 0 Å². The molecule has 2 amide bonds. The molecule has 0 bridgehead atoms. The molecule has 0 radical (unpaired) electrons. The third-order valence-corrected chi connectivity index (χ3v) is 5.21. The van der Waals surface area contributed by atoms with Crippen molar-refractivity contribution < 1.29 is 19.1 Å². The maximum absolute atomic E-state index is 12.7. The van der Waals surface area contributed by atoms with Crippen molar-refractivity contribution >= 4 is 18.0 Å². The first kappa shape index (κ1) is 24.9. The summed E-state index contributed by atoms with van der Waals surface area (Å²) in [7, 11) is 3.22. The summed E-state index contributed by atoms with van der Waals surface area (Å²) in [6, 6.07) is 9.95. The largest absolute Gasteiger partial charge is 0.497 e. The van der Waals surface area contributed by atoms with Crippen LogP contribution in [0.4, 0.5) is 0 Å². The van der Waals surface area contributed by atoms with Gasteiger partial charge in [-0.3, -0.25) is 9.59 Å². The van der Waals surface area contributed by atoms with E-state index < -0.39 is 6.04 Å². The van der Waals surface area contributed by atoms with Crippen LogP contribution in [0.25, 0.3) is 0 Å². The predicted octanol–water partition coefficient (Wildman–Crippen LogP) is 4.04. The molecule has 0 saturated carbocycles. The molecule has 2 aromatic carbocycles. The molecule has 0 aliphatic heterocycles. The Balaban J connectivity index is 2.10. The Labute approximate surface area is 190 Å². The summed E-state index contributed by atoms with van der Waals surface area (Å²) in [5.41, 5.74) is 5.94. The minimum atomic E-state index is -0.732. The molecule has 0 saturated heterocycles. The van der Waals surface area contributed by atoms with Crippen LogP contribution >= 0.6 is 0 Å². The molecular weight excluding hydrogens is 406 g/mol. The molecule has 1 atom stereocenters. The maximum atomic E-state index is 12.7. The molecular formula is C25H33N3O4. The Bertz CT molecular complexity index is 966. The quantitative estimate of drug-likeness (QED) is 0.456. The van der Waals surface area contributed by atoms with Gasteiger partial charge in [0, 0.05) is 5.56 Å². The van der Waals surface area contributed by atoms with Crippen LogP contribution in [0.5, 0.6) is 11.5 Å². The number of carbonyl (C=O) groups is 2. The number of amides is 2. The molecule has 7 nitrogen and oxygen atoms in total. The fourth-order valence-electron chi connectivity index (χ4n) is 3.22. The molecule has 0 spiro atoms. The maximum Gasteiger partial charge on any atom is 0.262 e. The van der Waals surface area contributed by atoms with Crippen molar-refractivity contribution in [3.05, 3.63) is 58.7 Å². The van der Waals surface area contributed by atoms with Crippen LogP contribution in [-0.2, 0) is 4.79 Å². The predicted molar refractivity (Wildman–Crippen MR) is 127 cm³/mol. The van der Waals surface area contributed by atoms with E-state index in [0.717, 1.165) is 22.4 Å². The Hall–Kier alpha value is -3.35. The summed E-state index contributed by atoms with van der Waals surface area (Å²) in [6.07, 6.45) is 1.61. The summed E-state index contributed by atoms with van der Waals surface area (Å²) < 4.78 is 10.6. The number of hydrogen-bond donors (Lipinski definition) is 2. The normalized spacial score (nSPS) is 12.2. The lowest BCUT2D eigenvalue weighted by Gasteiger charge is -2.20. The van der Waals surface area contributed by atoms with E-state index in [1.807, 2.05) is 32.9 Å². The van der Waals surface area contributed by atoms with Gasteiger partial charge >= 0.3 is 0 Å². The molecule has 0 aliphatic carbocycles. The van der Waals surface area contributed by atoms with Crippen LogP contribution in [0.1, 0.15) is 60.7 Å². The summed E-state index contributed by atoms with van der Waals surface area (Å²) in [5, 5.41) is 6.92. The van der Waals surface area contributed by atoms with Crippen molar-refractivity contribution in [1.82, 2.24) is 10.7 Å². The van der Waals surface area contributed by atoms with E-state index in [-0.39, 0.29) is 23.7 Å². The number of nitrogens with one attached hydrogen (secondary N) is 2. The molecule has 2 aromatic rings. The number of benzene rings is 2. The zero-order valence-corrected chi connectivity index (χ0v) is 19.9. The summed E-state index contributed by atoms with van der Waals surface area (Å²) >= 11 is 0. The van der Waals surface area contributed by atoms with Gasteiger partial charge in [-0.05, 0) is 71.8 Å². The average Bonchev–Trinajstić information content (AvgIpc) is 2.77. The second kappa shape index (κ2) is 11.3. The Morgan fingerprint density at radius 2 is 1.66 bits per heavy atom. The molecule has 0 aromatic heterocycles. The lowest BCUT2D eigenvalue weighted by atomic mass is 9.97. The van der Waals surface area contributed by atoms with Gasteiger partial charge in [-0.2, -0.15) is 5.10 Å². The fourth-order valence-corrected chi connectivity index (χ4v) is 3.22. The van der Waals surface area contributed by atoms with Crippen LogP contribution in [0.2, 0.25) is 0 Å². The highest BCUT2D eigenvalue weighted by Crippen LogP contribution is 2.29. The highest BCUT2D eigenvalue weighted by Gasteiger charge is 2.24. The van der Waals surface area contributed by atoms with Gasteiger partial charge in [-0.1, -0.05) is 27.7 Å². The average molecular weight is 440 g/mol. The van der Waals surface area contributed by atoms with Crippen LogP contribution in [0.15, 0.2) is 41.5 Å².